The van der Waals surface area contributed by atoms with Crippen molar-refractivity contribution >= 4 is 11.7 Å². The first-order chi connectivity index (χ1) is 10.3. The summed E-state index contributed by atoms with van der Waals surface area (Å²) >= 11 is 0. The van der Waals surface area contributed by atoms with Gasteiger partial charge in [-0.1, -0.05) is 49.4 Å². The molecule has 0 saturated heterocycles. The van der Waals surface area contributed by atoms with E-state index in [1.807, 2.05) is 55.5 Å². The Labute approximate surface area is 125 Å². The Kier molecular flexibility index (Phi) is 3.87. The number of esters is 1. The van der Waals surface area contributed by atoms with Gasteiger partial charge in [0.05, 0.1) is 5.56 Å². The maximum atomic E-state index is 12.4. The highest BCUT2D eigenvalue weighted by molar-refractivity contribution is 5.94. The van der Waals surface area contributed by atoms with E-state index in [1.165, 1.54) is 5.56 Å². The number of benzene rings is 2. The number of rotatable bonds is 3. The van der Waals surface area contributed by atoms with Gasteiger partial charge in [-0.25, -0.2) is 4.79 Å². The summed E-state index contributed by atoms with van der Waals surface area (Å²) in [5, 5.41) is 0. The van der Waals surface area contributed by atoms with Crippen molar-refractivity contribution in [1.82, 2.24) is 0 Å². The second-order valence-electron chi connectivity index (χ2n) is 5.16. The van der Waals surface area contributed by atoms with Crippen LogP contribution in [0, 0.1) is 0 Å². The smallest absolute Gasteiger partial charge is 0.343 e. The summed E-state index contributed by atoms with van der Waals surface area (Å²) in [5.74, 6) is 0.420. The monoisotopic (exact) mass is 278 g/mol. The molecule has 2 aromatic carbocycles. The van der Waals surface area contributed by atoms with E-state index in [4.69, 9.17) is 4.74 Å². The van der Waals surface area contributed by atoms with Crippen molar-refractivity contribution < 1.29 is 9.53 Å². The van der Waals surface area contributed by atoms with Crippen molar-refractivity contribution in [2.75, 3.05) is 0 Å². The molecule has 0 N–H and O–H groups in total. The van der Waals surface area contributed by atoms with Crippen LogP contribution in [0.4, 0.5) is 0 Å². The Morgan fingerprint density at radius 3 is 2.71 bits per heavy atom. The van der Waals surface area contributed by atoms with E-state index in [-0.39, 0.29) is 5.97 Å². The predicted molar refractivity (Wildman–Crippen MR) is 84.0 cm³/mol. The molecule has 1 aliphatic rings. The van der Waals surface area contributed by atoms with Crippen molar-refractivity contribution in [3.8, 4) is 0 Å². The van der Waals surface area contributed by atoms with Crippen LogP contribution in [0.25, 0.3) is 5.76 Å². The highest BCUT2D eigenvalue weighted by Crippen LogP contribution is 2.28. The quantitative estimate of drug-likeness (QED) is 0.778. The molecular formula is C19H18O2. The minimum atomic E-state index is -0.268. The van der Waals surface area contributed by atoms with Gasteiger partial charge in [0.1, 0.15) is 5.76 Å². The molecule has 0 saturated carbocycles. The summed E-state index contributed by atoms with van der Waals surface area (Å²) in [6.45, 7) is 2.04. The van der Waals surface area contributed by atoms with Gasteiger partial charge in [-0.3, -0.25) is 0 Å². The summed E-state index contributed by atoms with van der Waals surface area (Å²) in [4.78, 5) is 12.4. The Bertz CT molecular complexity index is 698. The summed E-state index contributed by atoms with van der Waals surface area (Å²) in [6.07, 6.45) is 4.74. The molecular weight excluding hydrogens is 260 g/mol. The SMILES string of the molecule is CCc1ccccc1C(=O)OC1=CCCc2ccccc21. The number of aryl methyl sites for hydroxylation is 2. The molecule has 0 atom stereocenters. The topological polar surface area (TPSA) is 26.3 Å². The van der Waals surface area contributed by atoms with Gasteiger partial charge >= 0.3 is 5.97 Å². The largest absolute Gasteiger partial charge is 0.423 e. The van der Waals surface area contributed by atoms with Crippen molar-refractivity contribution in [3.63, 3.8) is 0 Å². The summed E-state index contributed by atoms with van der Waals surface area (Å²) < 4.78 is 5.67. The van der Waals surface area contributed by atoms with Gasteiger partial charge < -0.3 is 4.74 Å². The Balaban J connectivity index is 1.87. The normalized spacial score (nSPS) is 13.3. The van der Waals surface area contributed by atoms with E-state index >= 15 is 0 Å². The zero-order valence-electron chi connectivity index (χ0n) is 12.1. The van der Waals surface area contributed by atoms with Crippen LogP contribution >= 0.6 is 0 Å². The third-order valence-electron chi connectivity index (χ3n) is 3.85. The van der Waals surface area contributed by atoms with Crippen molar-refractivity contribution in [2.45, 2.75) is 26.2 Å². The average Bonchev–Trinajstić information content (AvgIpc) is 2.55. The van der Waals surface area contributed by atoms with Crippen LogP contribution in [0.2, 0.25) is 0 Å². The molecule has 3 rings (SSSR count). The zero-order chi connectivity index (χ0) is 14.7. The van der Waals surface area contributed by atoms with E-state index < -0.39 is 0 Å². The number of hydrogen-bond donors (Lipinski definition) is 0. The summed E-state index contributed by atoms with van der Waals surface area (Å²) in [6, 6.07) is 15.7. The lowest BCUT2D eigenvalue weighted by Crippen LogP contribution is -2.10. The first-order valence-electron chi connectivity index (χ1n) is 7.38. The van der Waals surface area contributed by atoms with Crippen LogP contribution in [0.3, 0.4) is 0 Å². The van der Waals surface area contributed by atoms with Crippen LogP contribution < -0.4 is 0 Å². The second kappa shape index (κ2) is 5.96. The fourth-order valence-corrected chi connectivity index (χ4v) is 2.73. The van der Waals surface area contributed by atoms with Crippen molar-refractivity contribution in [1.29, 1.82) is 0 Å². The van der Waals surface area contributed by atoms with Gasteiger partial charge in [-0.05, 0) is 42.5 Å². The fourth-order valence-electron chi connectivity index (χ4n) is 2.73. The number of fused-ring (bicyclic) bond motifs is 1. The lowest BCUT2D eigenvalue weighted by atomic mass is 9.96. The first-order valence-corrected chi connectivity index (χ1v) is 7.38. The van der Waals surface area contributed by atoms with Crippen LogP contribution in [0.5, 0.6) is 0 Å². The van der Waals surface area contributed by atoms with Crippen LogP contribution in [0.15, 0.2) is 54.6 Å². The minimum absolute atomic E-state index is 0.268. The Morgan fingerprint density at radius 1 is 1.10 bits per heavy atom. The van der Waals surface area contributed by atoms with Gasteiger partial charge in [-0.2, -0.15) is 0 Å². The van der Waals surface area contributed by atoms with Crippen LogP contribution in [-0.2, 0) is 17.6 Å². The van der Waals surface area contributed by atoms with E-state index in [2.05, 4.69) is 6.07 Å². The average molecular weight is 278 g/mol. The second-order valence-corrected chi connectivity index (χ2v) is 5.16. The number of carbonyl (C=O) groups is 1. The van der Waals surface area contributed by atoms with E-state index in [1.54, 1.807) is 0 Å². The van der Waals surface area contributed by atoms with Gasteiger partial charge in [0, 0.05) is 5.56 Å². The molecule has 0 amide bonds. The lowest BCUT2D eigenvalue weighted by Gasteiger charge is -2.17. The predicted octanol–water partition coefficient (Wildman–Crippen LogP) is 4.39. The maximum Gasteiger partial charge on any atom is 0.343 e. The Morgan fingerprint density at radius 2 is 1.86 bits per heavy atom. The zero-order valence-corrected chi connectivity index (χ0v) is 12.1. The molecule has 0 aromatic heterocycles. The number of carbonyl (C=O) groups excluding carboxylic acids is 1. The number of ether oxygens (including phenoxy) is 1. The number of hydrogen-bond acceptors (Lipinski definition) is 2. The molecule has 0 radical (unpaired) electrons. The lowest BCUT2D eigenvalue weighted by molar-refractivity contribution is 0.0689. The van der Waals surface area contributed by atoms with Gasteiger partial charge in [0.15, 0.2) is 0 Å². The molecule has 1 aliphatic carbocycles. The Hall–Kier alpha value is -2.35. The molecule has 21 heavy (non-hydrogen) atoms. The highest BCUT2D eigenvalue weighted by atomic mass is 16.5. The van der Waals surface area contributed by atoms with Gasteiger partial charge in [0.25, 0.3) is 0 Å². The maximum absolute atomic E-state index is 12.4. The third kappa shape index (κ3) is 2.75. The molecule has 0 unspecified atom stereocenters. The van der Waals surface area contributed by atoms with Crippen LogP contribution in [-0.4, -0.2) is 5.97 Å². The van der Waals surface area contributed by atoms with Gasteiger partial charge in [-0.15, -0.1) is 0 Å². The first kappa shape index (κ1) is 13.6. The van der Waals surface area contributed by atoms with Crippen molar-refractivity contribution in [3.05, 3.63) is 76.9 Å². The molecule has 106 valence electrons. The van der Waals surface area contributed by atoms with E-state index in [9.17, 15) is 4.79 Å². The standard InChI is InChI=1S/C19H18O2/c1-2-14-8-3-6-12-17(14)19(20)21-18-13-7-10-15-9-4-5-11-16(15)18/h3-6,8-9,11-13H,2,7,10H2,1H3. The van der Waals surface area contributed by atoms with Gasteiger partial charge in [0.2, 0.25) is 0 Å². The summed E-state index contributed by atoms with van der Waals surface area (Å²) in [7, 11) is 0. The molecule has 0 heterocycles. The summed E-state index contributed by atoms with van der Waals surface area (Å²) in [5.41, 5.74) is 3.95. The molecule has 2 heteroatoms. The molecule has 0 fully saturated rings. The van der Waals surface area contributed by atoms with Crippen LogP contribution in [0.1, 0.15) is 40.4 Å². The van der Waals surface area contributed by atoms with Crippen molar-refractivity contribution in [2.24, 2.45) is 0 Å². The molecule has 0 aliphatic heterocycles. The molecule has 0 bridgehead atoms. The molecule has 0 spiro atoms. The van der Waals surface area contributed by atoms with E-state index in [0.717, 1.165) is 30.4 Å². The number of allylic oxidation sites excluding steroid dienone is 1. The highest BCUT2D eigenvalue weighted by Gasteiger charge is 2.18. The minimum Gasteiger partial charge on any atom is -0.423 e. The van der Waals surface area contributed by atoms with E-state index in [0.29, 0.717) is 11.3 Å². The third-order valence-corrected chi connectivity index (χ3v) is 3.85. The fraction of sp³-hybridized carbons (Fsp3) is 0.211. The molecule has 2 aromatic rings. The molecule has 2 nitrogen and oxygen atoms in total.